The molecule has 0 bridgehead atoms. The third kappa shape index (κ3) is 55.5. The molecule has 12 atom stereocenters. The molecule has 0 aromatic carbocycles. The number of hydrogen-bond donors (Lipinski definition) is 9. The van der Waals surface area contributed by atoms with Crippen molar-refractivity contribution in [1.82, 2.24) is 5.32 Å². The van der Waals surface area contributed by atoms with Crippen LogP contribution >= 0.6 is 0 Å². The van der Waals surface area contributed by atoms with Crippen LogP contribution in [0.1, 0.15) is 348 Å². The fraction of sp³-hybridized carbons (Fsp3) is 0.750. The summed E-state index contributed by atoms with van der Waals surface area (Å²) >= 11 is 0. The van der Waals surface area contributed by atoms with E-state index in [1.807, 2.05) is 6.08 Å². The number of ether oxygens (including phenoxy) is 4. The van der Waals surface area contributed by atoms with Crippen LogP contribution in [-0.2, 0) is 23.7 Å². The highest BCUT2D eigenvalue weighted by molar-refractivity contribution is 5.76. The van der Waals surface area contributed by atoms with Gasteiger partial charge in [0.2, 0.25) is 5.91 Å². The molecule has 106 heavy (non-hydrogen) atoms. The van der Waals surface area contributed by atoms with E-state index in [0.717, 1.165) is 96.3 Å². The highest BCUT2D eigenvalue weighted by Gasteiger charge is 2.51. The van der Waals surface area contributed by atoms with Gasteiger partial charge in [-0.05, 0) is 103 Å². The lowest BCUT2D eigenvalue weighted by molar-refractivity contribution is -0.359. The fourth-order valence-electron chi connectivity index (χ4n) is 13.5. The van der Waals surface area contributed by atoms with Crippen molar-refractivity contribution in [2.45, 2.75) is 421 Å². The summed E-state index contributed by atoms with van der Waals surface area (Å²) in [7, 11) is 0. The molecule has 1 amide bonds. The van der Waals surface area contributed by atoms with Gasteiger partial charge in [-0.3, -0.25) is 4.79 Å². The molecule has 9 N–H and O–H groups in total. The Labute approximate surface area is 647 Å². The van der Waals surface area contributed by atoms with Crippen molar-refractivity contribution in [3.8, 4) is 0 Å². The van der Waals surface area contributed by atoms with Gasteiger partial charge in [-0.15, -0.1) is 0 Å². The molecule has 14 heteroatoms. The molecule has 2 heterocycles. The normalized spacial score (nSPS) is 22.0. The summed E-state index contributed by atoms with van der Waals surface area (Å²) in [5.41, 5.74) is 0. The largest absolute Gasteiger partial charge is 0.394 e. The number of nitrogens with one attached hydrogen (secondary N) is 1. The Balaban J connectivity index is 1.60. The second-order valence-corrected chi connectivity index (χ2v) is 29.9. The molecular weight excluding hydrogens is 1330 g/mol. The molecular formula is C92H159NO13. The number of rotatable bonds is 72. The Bertz CT molecular complexity index is 2300. The average molecular weight is 1490 g/mol. The van der Waals surface area contributed by atoms with Gasteiger partial charge in [0.25, 0.3) is 0 Å². The smallest absolute Gasteiger partial charge is 0.220 e. The van der Waals surface area contributed by atoms with E-state index < -0.39 is 86.8 Å². The first-order valence-electron chi connectivity index (χ1n) is 43.4. The van der Waals surface area contributed by atoms with Crippen LogP contribution in [0.5, 0.6) is 0 Å². The molecule has 2 aliphatic rings. The van der Waals surface area contributed by atoms with E-state index in [2.05, 4.69) is 141 Å². The highest BCUT2D eigenvalue weighted by Crippen LogP contribution is 2.30. The van der Waals surface area contributed by atoms with Crippen molar-refractivity contribution in [3.63, 3.8) is 0 Å². The predicted octanol–water partition coefficient (Wildman–Crippen LogP) is 20.9. The van der Waals surface area contributed by atoms with Crippen molar-refractivity contribution in [1.29, 1.82) is 0 Å². The zero-order valence-electron chi connectivity index (χ0n) is 67.1. The Morgan fingerprint density at radius 2 is 0.660 bits per heavy atom. The van der Waals surface area contributed by atoms with Crippen molar-refractivity contribution < 1.29 is 64.6 Å². The van der Waals surface area contributed by atoms with E-state index >= 15 is 0 Å². The van der Waals surface area contributed by atoms with E-state index in [-0.39, 0.29) is 18.9 Å². The van der Waals surface area contributed by atoms with E-state index in [1.165, 1.54) is 218 Å². The van der Waals surface area contributed by atoms with Gasteiger partial charge in [-0.2, -0.15) is 0 Å². The molecule has 2 fully saturated rings. The maximum Gasteiger partial charge on any atom is 0.220 e. The molecule has 0 saturated carbocycles. The Kier molecular flexibility index (Phi) is 68.5. The van der Waals surface area contributed by atoms with Crippen LogP contribution in [0.3, 0.4) is 0 Å². The molecule has 0 spiro atoms. The number of carbonyl (C=O) groups excluding carboxylic acids is 1. The molecule has 2 aliphatic heterocycles. The minimum Gasteiger partial charge on any atom is -0.394 e. The van der Waals surface area contributed by atoms with Gasteiger partial charge in [0.1, 0.15) is 48.8 Å². The van der Waals surface area contributed by atoms with Crippen molar-refractivity contribution in [2.24, 2.45) is 0 Å². The summed E-state index contributed by atoms with van der Waals surface area (Å²) in [5.74, 6) is -0.251. The van der Waals surface area contributed by atoms with Crippen LogP contribution in [0, 0.1) is 0 Å². The summed E-state index contributed by atoms with van der Waals surface area (Å²) in [6.07, 6.45) is 94.0. The van der Waals surface area contributed by atoms with E-state index in [4.69, 9.17) is 18.9 Å². The number of aliphatic hydroxyl groups excluding tert-OH is 8. The van der Waals surface area contributed by atoms with Gasteiger partial charge in [0.05, 0.1) is 32.0 Å². The van der Waals surface area contributed by atoms with E-state index in [9.17, 15) is 45.6 Å². The average Bonchev–Trinajstić information content (AvgIpc) is 0.790. The molecule has 14 nitrogen and oxygen atoms in total. The maximum absolute atomic E-state index is 13.4. The number of aliphatic hydroxyl groups is 8. The maximum atomic E-state index is 13.4. The number of carbonyl (C=O) groups is 1. The van der Waals surface area contributed by atoms with Crippen LogP contribution in [-0.4, -0.2) is 140 Å². The molecule has 0 aromatic heterocycles. The van der Waals surface area contributed by atoms with Gasteiger partial charge in [-0.25, -0.2) is 0 Å². The van der Waals surface area contributed by atoms with E-state index in [1.54, 1.807) is 6.08 Å². The first-order chi connectivity index (χ1) is 52.1. The standard InChI is InChI=1S/C92H159NO13/c1-3-5-7-9-11-13-15-17-19-21-23-25-27-29-31-33-35-36-37-38-39-40-41-42-43-44-46-48-50-52-54-56-58-60-62-64-66-68-70-72-74-76-84(97)93-80(79-103-91-89(102)87(100)90(83(78-95)105-91)106-92-88(101)86(99)85(98)82(77-94)104-92)81(96)75-73-71-69-67-65-63-61-59-57-55-53-51-49-47-45-34-32-30-28-26-24-22-20-18-16-14-12-10-8-6-4-2/h5,7,11,13,17,19,23,25,29,31,35-36,38-39,41-42,44,46,65,67,73,75,80-83,85-92,94-96,98-102H,3-4,6,8-10,12,14-16,18,20-22,24,26-28,30,32-34,37,40,43,45,47-64,66,68-72,74,76-79H2,1-2H3,(H,93,97)/b7-5-,13-11-,19-17-,25-23-,31-29-,36-35-,39-38-,42-41-,46-44-,67-65+,75-73+. The van der Waals surface area contributed by atoms with Crippen LogP contribution in [0.25, 0.3) is 0 Å². The molecule has 0 aliphatic carbocycles. The predicted molar refractivity (Wildman–Crippen MR) is 442 cm³/mol. The molecule has 2 rings (SSSR count). The SMILES string of the molecule is CC/C=C\C/C=C\C/C=C\C/C=C\C/C=C\C/C=C\C/C=C\C/C=C\C/C=C\CCCCCCCCCCCCCCCC(=O)NC(COC1OC(CO)C(OC2OC(CO)C(O)C(O)C2O)C(O)C1O)C(O)/C=C/CC/C=C/CCCCCCCCCCCCCCCCCCCCCCCCCCC. The first-order valence-corrected chi connectivity index (χ1v) is 43.4. The molecule has 0 aromatic rings. The Morgan fingerprint density at radius 3 is 1.04 bits per heavy atom. The molecule has 12 unspecified atom stereocenters. The van der Waals surface area contributed by atoms with E-state index in [0.29, 0.717) is 12.8 Å². The zero-order chi connectivity index (χ0) is 76.5. The highest BCUT2D eigenvalue weighted by atomic mass is 16.7. The first kappa shape index (κ1) is 98.2. The number of allylic oxidation sites excluding steroid dienone is 21. The minimum atomic E-state index is -1.80. The fourth-order valence-corrected chi connectivity index (χ4v) is 13.5. The zero-order valence-corrected chi connectivity index (χ0v) is 67.1. The summed E-state index contributed by atoms with van der Waals surface area (Å²) < 4.78 is 22.9. The lowest BCUT2D eigenvalue weighted by Gasteiger charge is -2.46. The monoisotopic (exact) mass is 1490 g/mol. The number of unbranched alkanes of at least 4 members (excludes halogenated alkanes) is 39. The van der Waals surface area contributed by atoms with Gasteiger partial charge in [-0.1, -0.05) is 372 Å². The lowest BCUT2D eigenvalue weighted by atomic mass is 9.97. The van der Waals surface area contributed by atoms with Gasteiger partial charge in [0.15, 0.2) is 12.6 Å². The number of hydrogen-bond acceptors (Lipinski definition) is 13. The second kappa shape index (κ2) is 73.9. The third-order valence-corrected chi connectivity index (χ3v) is 20.3. The Hall–Kier alpha value is -3.87. The van der Waals surface area contributed by atoms with Gasteiger partial charge < -0.3 is 65.1 Å². The van der Waals surface area contributed by atoms with Crippen LogP contribution in [0.2, 0.25) is 0 Å². The van der Waals surface area contributed by atoms with Gasteiger partial charge >= 0.3 is 0 Å². The molecule has 610 valence electrons. The van der Waals surface area contributed by atoms with Crippen LogP contribution in [0.15, 0.2) is 134 Å². The summed E-state index contributed by atoms with van der Waals surface area (Å²) in [4.78, 5) is 13.4. The molecule has 2 saturated heterocycles. The molecule has 0 radical (unpaired) electrons. The summed E-state index contributed by atoms with van der Waals surface area (Å²) in [6.45, 7) is 2.71. The van der Waals surface area contributed by atoms with Crippen molar-refractivity contribution >= 4 is 5.91 Å². The lowest BCUT2D eigenvalue weighted by Crippen LogP contribution is -2.65. The Morgan fingerprint density at radius 1 is 0.349 bits per heavy atom. The van der Waals surface area contributed by atoms with Crippen molar-refractivity contribution in [2.75, 3.05) is 19.8 Å². The summed E-state index contributed by atoms with van der Waals surface area (Å²) in [5, 5.41) is 87.8. The number of amides is 1. The van der Waals surface area contributed by atoms with Crippen molar-refractivity contribution in [3.05, 3.63) is 134 Å². The topological polar surface area (TPSA) is 228 Å². The quantitative estimate of drug-likeness (QED) is 0.0204. The summed E-state index contributed by atoms with van der Waals surface area (Å²) in [6, 6.07) is -0.943. The van der Waals surface area contributed by atoms with Crippen LogP contribution < -0.4 is 5.32 Å². The minimum absolute atomic E-state index is 0.251. The second-order valence-electron chi connectivity index (χ2n) is 29.9. The van der Waals surface area contributed by atoms with Gasteiger partial charge in [0, 0.05) is 6.42 Å². The van der Waals surface area contributed by atoms with Crippen LogP contribution in [0.4, 0.5) is 0 Å². The third-order valence-electron chi connectivity index (χ3n) is 20.3.